The first kappa shape index (κ1) is 11.5. The third-order valence-corrected chi connectivity index (χ3v) is 3.33. The van der Waals surface area contributed by atoms with Gasteiger partial charge in [-0.05, 0) is 38.6 Å². The van der Waals surface area contributed by atoms with Crippen molar-refractivity contribution >= 4 is 5.97 Å². The van der Waals surface area contributed by atoms with Crippen molar-refractivity contribution in [3.63, 3.8) is 0 Å². The van der Waals surface area contributed by atoms with E-state index in [1.165, 1.54) is 0 Å². The molecular formula is C11H21NO2. The largest absolute Gasteiger partial charge is 0.481 e. The zero-order valence-corrected chi connectivity index (χ0v) is 9.55. The van der Waals surface area contributed by atoms with E-state index in [9.17, 15) is 9.90 Å². The maximum Gasteiger partial charge on any atom is 0.308 e. The molecule has 0 aromatic carbocycles. The number of rotatable bonds is 1. The van der Waals surface area contributed by atoms with Crippen molar-refractivity contribution in [1.29, 1.82) is 0 Å². The molecule has 14 heavy (non-hydrogen) atoms. The summed E-state index contributed by atoms with van der Waals surface area (Å²) in [6, 6.07) is 0. The van der Waals surface area contributed by atoms with Crippen molar-refractivity contribution in [2.24, 2.45) is 11.3 Å². The topological polar surface area (TPSA) is 49.3 Å². The molecule has 0 radical (unpaired) electrons. The molecule has 0 aliphatic carbocycles. The standard InChI is InChI=1S/C11H21NO2/c1-10(2)6-5-7-12-11(3,4)8(10)9(13)14/h8,12H,5-7H2,1-4H3,(H,13,14). The lowest BCUT2D eigenvalue weighted by Crippen LogP contribution is -2.52. The number of hydrogen-bond acceptors (Lipinski definition) is 2. The second kappa shape index (κ2) is 3.54. The molecule has 0 amide bonds. The number of aliphatic carboxylic acids is 1. The second-order valence-electron chi connectivity index (χ2n) is 5.51. The third-order valence-electron chi connectivity index (χ3n) is 3.33. The number of carboxylic acids is 1. The molecule has 1 aliphatic rings. The van der Waals surface area contributed by atoms with Crippen LogP contribution in [0.1, 0.15) is 40.5 Å². The monoisotopic (exact) mass is 199 g/mol. The Morgan fingerprint density at radius 2 is 1.93 bits per heavy atom. The summed E-state index contributed by atoms with van der Waals surface area (Å²) >= 11 is 0. The highest BCUT2D eigenvalue weighted by Gasteiger charge is 2.46. The summed E-state index contributed by atoms with van der Waals surface area (Å²) < 4.78 is 0. The lowest BCUT2D eigenvalue weighted by molar-refractivity contribution is -0.149. The van der Waals surface area contributed by atoms with E-state index >= 15 is 0 Å². The van der Waals surface area contributed by atoms with E-state index in [-0.39, 0.29) is 16.9 Å². The zero-order chi connectivity index (χ0) is 11.0. The van der Waals surface area contributed by atoms with Gasteiger partial charge in [0.1, 0.15) is 0 Å². The van der Waals surface area contributed by atoms with Crippen molar-refractivity contribution in [3.8, 4) is 0 Å². The summed E-state index contributed by atoms with van der Waals surface area (Å²) in [7, 11) is 0. The Kier molecular flexibility index (Phi) is 2.91. The number of carboxylic acid groups (broad SMARTS) is 1. The number of nitrogens with one attached hydrogen (secondary N) is 1. The van der Waals surface area contributed by atoms with Gasteiger partial charge in [0.15, 0.2) is 0 Å². The molecule has 1 fully saturated rings. The minimum atomic E-state index is -0.686. The predicted molar refractivity (Wildman–Crippen MR) is 56.2 cm³/mol. The van der Waals surface area contributed by atoms with Crippen LogP contribution in [0, 0.1) is 11.3 Å². The second-order valence-corrected chi connectivity index (χ2v) is 5.51. The highest BCUT2D eigenvalue weighted by molar-refractivity contribution is 5.72. The summed E-state index contributed by atoms with van der Waals surface area (Å²) in [6.07, 6.45) is 2.03. The van der Waals surface area contributed by atoms with Crippen LogP contribution < -0.4 is 5.32 Å². The molecule has 1 saturated heterocycles. The van der Waals surface area contributed by atoms with E-state index in [1.807, 2.05) is 13.8 Å². The van der Waals surface area contributed by atoms with Gasteiger partial charge in [-0.2, -0.15) is 0 Å². The number of carbonyl (C=O) groups is 1. The Bertz CT molecular complexity index is 215. The first-order chi connectivity index (χ1) is 6.27. The maximum absolute atomic E-state index is 11.3. The van der Waals surface area contributed by atoms with Crippen LogP contribution in [0.5, 0.6) is 0 Å². The molecule has 1 atom stereocenters. The van der Waals surface area contributed by atoms with Crippen LogP contribution >= 0.6 is 0 Å². The summed E-state index contributed by atoms with van der Waals surface area (Å²) in [4.78, 5) is 11.3. The van der Waals surface area contributed by atoms with E-state index in [0.717, 1.165) is 19.4 Å². The Morgan fingerprint density at radius 1 is 1.36 bits per heavy atom. The van der Waals surface area contributed by atoms with Crippen LogP contribution in [0.25, 0.3) is 0 Å². The van der Waals surface area contributed by atoms with Crippen LogP contribution in [-0.4, -0.2) is 23.2 Å². The van der Waals surface area contributed by atoms with E-state index in [0.29, 0.717) is 0 Å². The average Bonchev–Trinajstić information content (AvgIpc) is 2.04. The van der Waals surface area contributed by atoms with E-state index < -0.39 is 5.97 Å². The molecule has 3 nitrogen and oxygen atoms in total. The fourth-order valence-corrected chi connectivity index (χ4v) is 2.82. The van der Waals surface area contributed by atoms with Crippen molar-refractivity contribution in [1.82, 2.24) is 5.32 Å². The third kappa shape index (κ3) is 2.08. The van der Waals surface area contributed by atoms with E-state index in [2.05, 4.69) is 19.2 Å². The predicted octanol–water partition coefficient (Wildman–Crippen LogP) is 1.88. The molecule has 0 bridgehead atoms. The van der Waals surface area contributed by atoms with Gasteiger partial charge in [0.05, 0.1) is 5.92 Å². The molecule has 0 saturated carbocycles. The first-order valence-electron chi connectivity index (χ1n) is 5.25. The summed E-state index contributed by atoms with van der Waals surface area (Å²) in [5, 5.41) is 12.6. The van der Waals surface area contributed by atoms with Gasteiger partial charge in [-0.15, -0.1) is 0 Å². The first-order valence-corrected chi connectivity index (χ1v) is 5.25. The van der Waals surface area contributed by atoms with E-state index in [4.69, 9.17) is 0 Å². The van der Waals surface area contributed by atoms with Gasteiger partial charge < -0.3 is 10.4 Å². The van der Waals surface area contributed by atoms with Gasteiger partial charge in [-0.25, -0.2) is 0 Å². The van der Waals surface area contributed by atoms with Crippen LogP contribution in [0.4, 0.5) is 0 Å². The van der Waals surface area contributed by atoms with Crippen molar-refractivity contribution < 1.29 is 9.90 Å². The Balaban J connectivity index is 3.03. The van der Waals surface area contributed by atoms with Crippen LogP contribution in [-0.2, 0) is 4.79 Å². The molecule has 1 aliphatic heterocycles. The molecule has 1 rings (SSSR count). The fraction of sp³-hybridized carbons (Fsp3) is 0.909. The minimum Gasteiger partial charge on any atom is -0.481 e. The summed E-state index contributed by atoms with van der Waals surface area (Å²) in [5.74, 6) is -1.01. The SMILES string of the molecule is CC1(C)CCCNC(C)(C)C1C(=O)O. The lowest BCUT2D eigenvalue weighted by Gasteiger charge is -2.39. The molecule has 2 N–H and O–H groups in total. The molecule has 1 unspecified atom stereocenters. The smallest absolute Gasteiger partial charge is 0.308 e. The van der Waals surface area contributed by atoms with Gasteiger partial charge in [0.25, 0.3) is 0 Å². The van der Waals surface area contributed by atoms with Gasteiger partial charge in [0, 0.05) is 5.54 Å². The molecule has 0 spiro atoms. The fourth-order valence-electron chi connectivity index (χ4n) is 2.82. The van der Waals surface area contributed by atoms with E-state index in [1.54, 1.807) is 0 Å². The average molecular weight is 199 g/mol. The number of hydrogen-bond donors (Lipinski definition) is 2. The normalized spacial score (nSPS) is 30.7. The summed E-state index contributed by atoms with van der Waals surface area (Å²) in [6.45, 7) is 9.00. The minimum absolute atomic E-state index is 0.126. The molecule has 82 valence electrons. The Hall–Kier alpha value is -0.570. The zero-order valence-electron chi connectivity index (χ0n) is 9.55. The van der Waals surface area contributed by atoms with Gasteiger partial charge in [-0.3, -0.25) is 4.79 Å². The van der Waals surface area contributed by atoms with Crippen LogP contribution in [0.15, 0.2) is 0 Å². The van der Waals surface area contributed by atoms with Gasteiger partial charge in [-0.1, -0.05) is 13.8 Å². The molecule has 0 aromatic rings. The van der Waals surface area contributed by atoms with Crippen molar-refractivity contribution in [2.45, 2.75) is 46.1 Å². The van der Waals surface area contributed by atoms with Crippen LogP contribution in [0.2, 0.25) is 0 Å². The molecule has 3 heteroatoms. The summed E-state index contributed by atoms with van der Waals surface area (Å²) in [5.41, 5.74) is -0.440. The van der Waals surface area contributed by atoms with Gasteiger partial charge >= 0.3 is 5.97 Å². The highest BCUT2D eigenvalue weighted by Crippen LogP contribution is 2.40. The maximum atomic E-state index is 11.3. The highest BCUT2D eigenvalue weighted by atomic mass is 16.4. The molecule has 1 heterocycles. The van der Waals surface area contributed by atoms with Crippen molar-refractivity contribution in [2.75, 3.05) is 6.54 Å². The Morgan fingerprint density at radius 3 is 2.43 bits per heavy atom. The van der Waals surface area contributed by atoms with Gasteiger partial charge in [0.2, 0.25) is 0 Å². The van der Waals surface area contributed by atoms with Crippen molar-refractivity contribution in [3.05, 3.63) is 0 Å². The molecular weight excluding hydrogens is 178 g/mol. The molecule has 0 aromatic heterocycles. The quantitative estimate of drug-likeness (QED) is 0.678. The lowest BCUT2D eigenvalue weighted by atomic mass is 9.68. The van der Waals surface area contributed by atoms with Crippen LogP contribution in [0.3, 0.4) is 0 Å². The Labute approximate surface area is 85.9 Å².